The molecule has 5 nitrogen and oxygen atoms in total. The minimum Gasteiger partial charge on any atom is -0.422 e. The van der Waals surface area contributed by atoms with Crippen LogP contribution in [-0.4, -0.2) is 22.7 Å². The van der Waals surface area contributed by atoms with Crippen molar-refractivity contribution < 1.29 is 19.1 Å². The Morgan fingerprint density at radius 3 is 2.00 bits per heavy atom. The van der Waals surface area contributed by atoms with Gasteiger partial charge in [0.1, 0.15) is 0 Å². The highest BCUT2D eigenvalue weighted by atomic mass is 16.7. The minimum atomic E-state index is -1.08. The Labute approximate surface area is 204 Å². The zero-order valence-corrected chi connectivity index (χ0v) is 20.2. The van der Waals surface area contributed by atoms with Crippen LogP contribution in [0.2, 0.25) is 0 Å². The van der Waals surface area contributed by atoms with E-state index in [-0.39, 0.29) is 5.97 Å². The number of hydrogen-bond acceptors (Lipinski definition) is 5. The fraction of sp³-hybridized carbons (Fsp3) is 0.414. The van der Waals surface area contributed by atoms with Crippen molar-refractivity contribution in [3.05, 3.63) is 90.9 Å². The minimum absolute atomic E-state index is 0.306. The first kappa shape index (κ1) is 27.0. The summed E-state index contributed by atoms with van der Waals surface area (Å²) in [6, 6.07) is 3.29. The second-order valence-corrected chi connectivity index (χ2v) is 8.12. The van der Waals surface area contributed by atoms with Crippen LogP contribution in [-0.2, 0) is 14.3 Å². The van der Waals surface area contributed by atoms with Crippen molar-refractivity contribution in [3.63, 3.8) is 0 Å². The molecular weight excluding hydrogens is 426 g/mol. The van der Waals surface area contributed by atoms with Crippen LogP contribution in [0, 0.1) is 0 Å². The van der Waals surface area contributed by atoms with Gasteiger partial charge in [-0.15, -0.1) is 0 Å². The van der Waals surface area contributed by atoms with E-state index in [0.29, 0.717) is 31.2 Å². The fourth-order valence-electron chi connectivity index (χ4n) is 3.03. The molecule has 1 heterocycles. The zero-order chi connectivity index (χ0) is 24.3. The van der Waals surface area contributed by atoms with Gasteiger partial charge in [0.2, 0.25) is 0 Å². The second-order valence-electron chi connectivity index (χ2n) is 8.12. The van der Waals surface area contributed by atoms with Crippen LogP contribution in [0.3, 0.4) is 0 Å². The van der Waals surface area contributed by atoms with Crippen LogP contribution in [0.25, 0.3) is 0 Å². The smallest absolute Gasteiger partial charge is 0.342 e. The first-order chi connectivity index (χ1) is 16.7. The summed E-state index contributed by atoms with van der Waals surface area (Å²) in [5, 5.41) is 0. The number of aromatic nitrogens is 1. The van der Waals surface area contributed by atoms with Crippen LogP contribution >= 0.6 is 0 Å². The van der Waals surface area contributed by atoms with E-state index < -0.39 is 11.8 Å². The molecule has 0 N–H and O–H groups in total. The lowest BCUT2D eigenvalue weighted by atomic mass is 10.2. The highest BCUT2D eigenvalue weighted by Gasteiger charge is 2.51. The Bertz CT molecular complexity index is 877. The lowest BCUT2D eigenvalue weighted by Gasteiger charge is -2.17. The molecule has 1 fully saturated rings. The van der Waals surface area contributed by atoms with Gasteiger partial charge in [-0.25, -0.2) is 4.79 Å². The Morgan fingerprint density at radius 1 is 0.882 bits per heavy atom. The van der Waals surface area contributed by atoms with Crippen molar-refractivity contribution in [2.24, 2.45) is 0 Å². The van der Waals surface area contributed by atoms with E-state index in [1.165, 1.54) is 6.20 Å². The molecule has 0 bridgehead atoms. The van der Waals surface area contributed by atoms with Crippen LogP contribution in [0.15, 0.2) is 85.3 Å². The van der Waals surface area contributed by atoms with Gasteiger partial charge >= 0.3 is 11.9 Å². The van der Waals surface area contributed by atoms with Gasteiger partial charge in [0.05, 0.1) is 5.56 Å². The summed E-state index contributed by atoms with van der Waals surface area (Å²) in [4.78, 5) is 28.1. The lowest BCUT2D eigenvalue weighted by molar-refractivity contribution is -0.176. The Morgan fingerprint density at radius 2 is 1.47 bits per heavy atom. The normalized spacial score (nSPS) is 15.2. The summed E-state index contributed by atoms with van der Waals surface area (Å²) in [6.07, 6.45) is 32.5. The molecule has 1 aliphatic rings. The van der Waals surface area contributed by atoms with Crippen molar-refractivity contribution >= 4 is 11.9 Å². The summed E-state index contributed by atoms with van der Waals surface area (Å²) >= 11 is 0. The maximum atomic E-state index is 12.1. The van der Waals surface area contributed by atoms with Gasteiger partial charge in [0.15, 0.2) is 0 Å². The molecule has 182 valence electrons. The Kier molecular flexibility index (Phi) is 13.0. The predicted molar refractivity (Wildman–Crippen MR) is 136 cm³/mol. The second kappa shape index (κ2) is 16.4. The molecule has 0 spiro atoms. The van der Waals surface area contributed by atoms with Gasteiger partial charge < -0.3 is 9.47 Å². The number of carbonyl (C=O) groups excluding carboxylic acids is 2. The topological polar surface area (TPSA) is 65.5 Å². The summed E-state index contributed by atoms with van der Waals surface area (Å²) in [5.74, 6) is -1.93. The van der Waals surface area contributed by atoms with Gasteiger partial charge in [-0.05, 0) is 57.1 Å². The number of esters is 2. The highest BCUT2D eigenvalue weighted by molar-refractivity contribution is 5.89. The molecule has 0 radical (unpaired) electrons. The fourth-order valence-corrected chi connectivity index (χ4v) is 3.03. The number of unbranched alkanes of at least 4 members (excludes halogenated alkanes) is 1. The summed E-state index contributed by atoms with van der Waals surface area (Å²) < 4.78 is 10.8. The first-order valence-electron chi connectivity index (χ1n) is 12.3. The van der Waals surface area contributed by atoms with Crippen LogP contribution in [0.4, 0.5) is 0 Å². The van der Waals surface area contributed by atoms with E-state index in [1.807, 2.05) is 0 Å². The van der Waals surface area contributed by atoms with Crippen LogP contribution in [0.5, 0.6) is 0 Å². The maximum absolute atomic E-state index is 12.1. The monoisotopic (exact) mass is 463 g/mol. The van der Waals surface area contributed by atoms with E-state index in [1.54, 1.807) is 18.3 Å². The molecule has 34 heavy (non-hydrogen) atoms. The van der Waals surface area contributed by atoms with Crippen molar-refractivity contribution in [3.8, 4) is 0 Å². The zero-order valence-electron chi connectivity index (χ0n) is 20.2. The molecule has 1 aliphatic carbocycles. The molecule has 2 rings (SSSR count). The molecule has 5 heteroatoms. The summed E-state index contributed by atoms with van der Waals surface area (Å²) in [6.45, 7) is 2.14. The molecule has 0 aliphatic heterocycles. The maximum Gasteiger partial charge on any atom is 0.342 e. The van der Waals surface area contributed by atoms with Gasteiger partial charge in [-0.3, -0.25) is 9.78 Å². The molecular formula is C29H37NO4. The van der Waals surface area contributed by atoms with Crippen molar-refractivity contribution in [1.29, 1.82) is 0 Å². The number of pyridine rings is 1. The average Bonchev–Trinajstić information content (AvgIpc) is 3.60. The summed E-state index contributed by atoms with van der Waals surface area (Å²) in [7, 11) is 0. The highest BCUT2D eigenvalue weighted by Crippen LogP contribution is 2.41. The van der Waals surface area contributed by atoms with Gasteiger partial charge in [0, 0.05) is 31.7 Å². The van der Waals surface area contributed by atoms with E-state index in [0.717, 1.165) is 38.5 Å². The van der Waals surface area contributed by atoms with E-state index >= 15 is 0 Å². The lowest BCUT2D eigenvalue weighted by Crippen LogP contribution is -2.26. The number of hydrogen-bond donors (Lipinski definition) is 0. The number of rotatable bonds is 16. The molecule has 0 amide bonds. The van der Waals surface area contributed by atoms with Gasteiger partial charge in [-0.1, -0.05) is 67.7 Å². The Hall–Kier alpha value is -3.21. The van der Waals surface area contributed by atoms with E-state index in [9.17, 15) is 9.59 Å². The number of carbonyl (C=O) groups is 2. The molecule has 0 aromatic carbocycles. The third-order valence-corrected chi connectivity index (χ3v) is 5.04. The van der Waals surface area contributed by atoms with Crippen LogP contribution < -0.4 is 0 Å². The number of nitrogens with zero attached hydrogens (tertiary/aromatic N) is 1. The van der Waals surface area contributed by atoms with E-state index in [4.69, 9.17) is 9.47 Å². The predicted octanol–water partition coefficient (Wildman–Crippen LogP) is 7.19. The van der Waals surface area contributed by atoms with E-state index in [2.05, 4.69) is 72.7 Å². The van der Waals surface area contributed by atoms with Gasteiger partial charge in [0.25, 0.3) is 5.79 Å². The largest absolute Gasteiger partial charge is 0.422 e. The SMILES string of the molecule is CCC=CCC=CCC=CCC=CCC=CCCCC(=O)OC1(OC(=O)c2cccnc2)CC1. The third kappa shape index (κ3) is 12.1. The average molecular weight is 464 g/mol. The number of ether oxygens (including phenoxy) is 2. The molecule has 0 atom stereocenters. The van der Waals surface area contributed by atoms with Crippen LogP contribution in [0.1, 0.15) is 81.5 Å². The standard InChI is InChI=1S/C29H37NO4/c1-2-3-4-5-6-7-8-9-10-11-12-13-14-15-16-17-18-21-27(31)33-29(22-23-29)34-28(32)26-20-19-24-30-25-26/h3-4,6-7,9-10,12-13,15-16,19-20,24-25H,2,5,8,11,14,17-18,21-23H2,1H3. The third-order valence-electron chi connectivity index (χ3n) is 5.04. The summed E-state index contributed by atoms with van der Waals surface area (Å²) in [5.41, 5.74) is 0.350. The van der Waals surface area contributed by atoms with Crippen molar-refractivity contribution in [2.75, 3.05) is 0 Å². The molecule has 1 aromatic rings. The quantitative estimate of drug-likeness (QED) is 0.112. The molecule has 1 saturated carbocycles. The first-order valence-corrected chi connectivity index (χ1v) is 12.3. The van der Waals surface area contributed by atoms with Crippen molar-refractivity contribution in [1.82, 2.24) is 4.98 Å². The van der Waals surface area contributed by atoms with Gasteiger partial charge in [-0.2, -0.15) is 0 Å². The van der Waals surface area contributed by atoms with Crippen molar-refractivity contribution in [2.45, 2.75) is 76.9 Å². The molecule has 0 saturated heterocycles. The molecule has 0 unspecified atom stereocenters. The Balaban J connectivity index is 1.49. The number of allylic oxidation sites excluding steroid dienone is 10. The molecule has 1 aromatic heterocycles.